The molecule has 0 saturated heterocycles. The van der Waals surface area contributed by atoms with E-state index in [1.807, 2.05) is 0 Å². The maximum Gasteiger partial charge on any atom is 0 e. The van der Waals surface area contributed by atoms with Gasteiger partial charge in [-0.3, -0.25) is 0 Å². The Labute approximate surface area is 126 Å². The van der Waals surface area contributed by atoms with E-state index in [0.717, 1.165) is 0 Å². The number of hydrogen-bond donors (Lipinski definition) is 0. The molecule has 3 aromatic carbocycles. The van der Waals surface area contributed by atoms with Gasteiger partial charge in [-0.1, -0.05) is 84.9 Å². The molecule has 0 nitrogen and oxygen atoms in total. The van der Waals surface area contributed by atoms with E-state index in [0.29, 0.717) is 0 Å². The van der Waals surface area contributed by atoms with Crippen molar-refractivity contribution in [1.29, 1.82) is 0 Å². The summed E-state index contributed by atoms with van der Waals surface area (Å²) in [6.45, 7) is 0. The summed E-state index contributed by atoms with van der Waals surface area (Å²) in [4.78, 5) is 0. The Morgan fingerprint density at radius 2 is 0.684 bits per heavy atom. The molecule has 0 heterocycles. The van der Waals surface area contributed by atoms with Crippen molar-refractivity contribution in [3.05, 3.63) is 84.9 Å². The number of rotatable bonds is 2. The van der Waals surface area contributed by atoms with Gasteiger partial charge < -0.3 is 0 Å². The molecular weight excluding hydrogens is 223 g/mol. The molecule has 87 valence electrons. The molecule has 0 saturated carbocycles. The van der Waals surface area contributed by atoms with Crippen LogP contribution in [0.3, 0.4) is 0 Å². The van der Waals surface area contributed by atoms with Crippen molar-refractivity contribution in [1.82, 2.24) is 0 Å². The molecule has 0 fully saturated rings. The average molecular weight is 237 g/mol. The van der Waals surface area contributed by atoms with E-state index in [-0.39, 0.29) is 18.9 Å². The van der Waals surface area contributed by atoms with E-state index in [1.165, 1.54) is 22.3 Å². The summed E-state index contributed by atoms with van der Waals surface area (Å²) in [6, 6.07) is 29.6. The average Bonchev–Trinajstić information content (AvgIpc) is 2.49. The molecular formula is C18H14Li. The fourth-order valence-electron chi connectivity index (χ4n) is 2.22. The summed E-state index contributed by atoms with van der Waals surface area (Å²) >= 11 is 0. The van der Waals surface area contributed by atoms with Crippen LogP contribution in [0, 0.1) is 0 Å². The first kappa shape index (κ1) is 13.7. The monoisotopic (exact) mass is 237 g/mol. The van der Waals surface area contributed by atoms with E-state index in [2.05, 4.69) is 84.9 Å². The Bertz CT molecular complexity index is 572. The largest absolute Gasteiger partial charge is 0.0622 e. The van der Waals surface area contributed by atoms with Gasteiger partial charge in [-0.2, -0.15) is 0 Å². The molecule has 0 unspecified atom stereocenters. The van der Waals surface area contributed by atoms with Crippen LogP contribution in [-0.4, -0.2) is 18.9 Å². The first-order chi connectivity index (χ1) is 8.95. The van der Waals surface area contributed by atoms with Crippen LogP contribution in [0.15, 0.2) is 84.9 Å². The van der Waals surface area contributed by atoms with Gasteiger partial charge in [0.15, 0.2) is 0 Å². The summed E-state index contributed by atoms with van der Waals surface area (Å²) in [6.07, 6.45) is 0. The molecule has 19 heavy (non-hydrogen) atoms. The summed E-state index contributed by atoms with van der Waals surface area (Å²) in [5, 5.41) is 0. The molecule has 1 radical (unpaired) electrons. The summed E-state index contributed by atoms with van der Waals surface area (Å²) in [5.41, 5.74) is 5.09. The van der Waals surface area contributed by atoms with Crippen LogP contribution in [0.1, 0.15) is 0 Å². The molecule has 3 aromatic rings. The topological polar surface area (TPSA) is 0 Å². The van der Waals surface area contributed by atoms with Gasteiger partial charge in [-0.25, -0.2) is 0 Å². The van der Waals surface area contributed by atoms with Crippen LogP contribution < -0.4 is 0 Å². The third kappa shape index (κ3) is 2.99. The van der Waals surface area contributed by atoms with Crippen molar-refractivity contribution in [2.24, 2.45) is 0 Å². The van der Waals surface area contributed by atoms with Crippen LogP contribution in [0.4, 0.5) is 0 Å². The van der Waals surface area contributed by atoms with E-state index in [4.69, 9.17) is 0 Å². The zero-order valence-corrected chi connectivity index (χ0v) is 11.1. The summed E-state index contributed by atoms with van der Waals surface area (Å²) in [7, 11) is 0. The second kappa shape index (κ2) is 6.43. The van der Waals surface area contributed by atoms with Crippen LogP contribution in [0.2, 0.25) is 0 Å². The SMILES string of the molecule is [Li].c1ccc(-c2ccccc2-c2ccccc2)cc1. The van der Waals surface area contributed by atoms with Crippen LogP contribution in [-0.2, 0) is 0 Å². The molecule has 0 atom stereocenters. The maximum atomic E-state index is 2.18. The van der Waals surface area contributed by atoms with Gasteiger partial charge in [0.1, 0.15) is 0 Å². The van der Waals surface area contributed by atoms with Crippen molar-refractivity contribution in [3.63, 3.8) is 0 Å². The number of benzene rings is 3. The van der Waals surface area contributed by atoms with Gasteiger partial charge in [0.25, 0.3) is 0 Å². The van der Waals surface area contributed by atoms with Crippen molar-refractivity contribution in [3.8, 4) is 22.3 Å². The quantitative estimate of drug-likeness (QED) is 0.569. The third-order valence-electron chi connectivity index (χ3n) is 3.10. The standard InChI is InChI=1S/C18H14.Li/c1-3-9-15(10-4-1)17-13-7-8-14-18(17)16-11-5-2-6-12-16;/h1-14H;. The summed E-state index contributed by atoms with van der Waals surface area (Å²) < 4.78 is 0. The van der Waals surface area contributed by atoms with Gasteiger partial charge in [0.05, 0.1) is 0 Å². The third-order valence-corrected chi connectivity index (χ3v) is 3.10. The van der Waals surface area contributed by atoms with Gasteiger partial charge >= 0.3 is 0 Å². The first-order valence-corrected chi connectivity index (χ1v) is 6.15. The van der Waals surface area contributed by atoms with Crippen LogP contribution in [0.25, 0.3) is 22.3 Å². The molecule has 1 heteroatoms. The molecule has 0 bridgehead atoms. The minimum atomic E-state index is 0. The van der Waals surface area contributed by atoms with Crippen LogP contribution >= 0.6 is 0 Å². The fraction of sp³-hybridized carbons (Fsp3) is 0. The molecule has 0 aliphatic rings. The van der Waals surface area contributed by atoms with Crippen molar-refractivity contribution < 1.29 is 0 Å². The summed E-state index contributed by atoms with van der Waals surface area (Å²) in [5.74, 6) is 0. The van der Waals surface area contributed by atoms with Crippen molar-refractivity contribution in [2.75, 3.05) is 0 Å². The van der Waals surface area contributed by atoms with Gasteiger partial charge in [-0.05, 0) is 22.3 Å². The zero-order chi connectivity index (χ0) is 12.2. The molecule has 0 aromatic heterocycles. The molecule has 0 amide bonds. The number of hydrogen-bond acceptors (Lipinski definition) is 0. The Morgan fingerprint density at radius 1 is 0.368 bits per heavy atom. The van der Waals surface area contributed by atoms with Gasteiger partial charge in [-0.15, -0.1) is 0 Å². The molecule has 0 spiro atoms. The normalized spacial score (nSPS) is 9.68. The van der Waals surface area contributed by atoms with E-state index >= 15 is 0 Å². The Balaban J connectivity index is 0.00000133. The van der Waals surface area contributed by atoms with Gasteiger partial charge in [0, 0.05) is 18.9 Å². The van der Waals surface area contributed by atoms with E-state index in [1.54, 1.807) is 0 Å². The van der Waals surface area contributed by atoms with Crippen molar-refractivity contribution in [2.45, 2.75) is 0 Å². The molecule has 0 aliphatic carbocycles. The van der Waals surface area contributed by atoms with Crippen LogP contribution in [0.5, 0.6) is 0 Å². The second-order valence-electron chi connectivity index (χ2n) is 4.28. The predicted octanol–water partition coefficient (Wildman–Crippen LogP) is 4.64. The Kier molecular flexibility index (Phi) is 4.63. The molecule has 0 aliphatic heterocycles. The smallest absolute Gasteiger partial charge is 0 e. The Hall–Kier alpha value is -1.74. The minimum Gasteiger partial charge on any atom is -0.0622 e. The van der Waals surface area contributed by atoms with Gasteiger partial charge in [0.2, 0.25) is 0 Å². The van der Waals surface area contributed by atoms with E-state index in [9.17, 15) is 0 Å². The fourth-order valence-corrected chi connectivity index (χ4v) is 2.22. The predicted molar refractivity (Wildman–Crippen MR) is 83.1 cm³/mol. The Morgan fingerprint density at radius 3 is 1.05 bits per heavy atom. The maximum absolute atomic E-state index is 2.18. The minimum absolute atomic E-state index is 0. The second-order valence-corrected chi connectivity index (χ2v) is 4.28. The first-order valence-electron chi connectivity index (χ1n) is 6.15. The van der Waals surface area contributed by atoms with Crippen molar-refractivity contribution >= 4 is 18.9 Å². The molecule has 3 rings (SSSR count). The molecule has 0 N–H and O–H groups in total. The zero-order valence-electron chi connectivity index (χ0n) is 11.1. The van der Waals surface area contributed by atoms with E-state index < -0.39 is 0 Å².